The number of carbonyl (C=O) groups excluding carboxylic acids is 1. The van der Waals surface area contributed by atoms with E-state index in [1.165, 1.54) is 96.8 Å². The Morgan fingerprint density at radius 2 is 1.12 bits per heavy atom. The highest BCUT2D eigenvalue weighted by atomic mass is 16.5. The Morgan fingerprint density at radius 3 is 1.58 bits per heavy atom. The van der Waals surface area contributed by atoms with E-state index >= 15 is 0 Å². The second-order valence-electron chi connectivity index (χ2n) is 6.71. The molecule has 0 aromatic heterocycles. The molecule has 24 heavy (non-hydrogen) atoms. The molecule has 0 heterocycles. The summed E-state index contributed by atoms with van der Waals surface area (Å²) in [6.07, 6.45) is 26.0. The van der Waals surface area contributed by atoms with Crippen molar-refractivity contribution in [2.75, 3.05) is 6.61 Å². The van der Waals surface area contributed by atoms with Crippen molar-refractivity contribution in [1.29, 1.82) is 0 Å². The normalized spacial score (nSPS) is 11.0. The molecular formula is C22H40O2. The lowest BCUT2D eigenvalue weighted by atomic mass is 10.1. The molecule has 0 aromatic carbocycles. The van der Waals surface area contributed by atoms with Crippen LogP contribution in [-0.4, -0.2) is 12.6 Å². The average Bonchev–Trinajstić information content (AvgIpc) is 2.56. The number of allylic oxidation sites excluding steroid dienone is 3. The van der Waals surface area contributed by atoms with Gasteiger partial charge in [0.1, 0.15) is 0 Å². The number of rotatable bonds is 18. The molecule has 0 amide bonds. The smallest absolute Gasteiger partial charge is 0.302 e. The highest BCUT2D eigenvalue weighted by Crippen LogP contribution is 2.11. The summed E-state index contributed by atoms with van der Waals surface area (Å²) in [5.74, 6) is -0.160. The quantitative estimate of drug-likeness (QED) is 0.151. The Bertz CT molecular complexity index is 307. The van der Waals surface area contributed by atoms with Crippen molar-refractivity contribution in [3.8, 4) is 0 Å². The van der Waals surface area contributed by atoms with Gasteiger partial charge in [-0.15, -0.1) is 6.58 Å². The third-order valence-electron chi connectivity index (χ3n) is 4.27. The molecule has 0 saturated carbocycles. The second-order valence-corrected chi connectivity index (χ2v) is 6.71. The van der Waals surface area contributed by atoms with Crippen molar-refractivity contribution in [1.82, 2.24) is 0 Å². The highest BCUT2D eigenvalue weighted by Gasteiger charge is 1.94. The summed E-state index contributed by atoms with van der Waals surface area (Å²) in [5, 5.41) is 0. The lowest BCUT2D eigenvalue weighted by Gasteiger charge is -2.02. The molecule has 0 unspecified atom stereocenters. The van der Waals surface area contributed by atoms with E-state index in [2.05, 4.69) is 18.7 Å². The molecule has 0 saturated heterocycles. The van der Waals surface area contributed by atoms with Crippen molar-refractivity contribution in [3.05, 3.63) is 24.8 Å². The minimum absolute atomic E-state index is 0.160. The zero-order valence-electron chi connectivity index (χ0n) is 16.1. The second kappa shape index (κ2) is 20.0. The fourth-order valence-electron chi connectivity index (χ4n) is 2.78. The lowest BCUT2D eigenvalue weighted by Crippen LogP contribution is -2.00. The van der Waals surface area contributed by atoms with E-state index < -0.39 is 0 Å². The van der Waals surface area contributed by atoms with Crippen LogP contribution >= 0.6 is 0 Å². The fraction of sp³-hybridized carbons (Fsp3) is 0.773. The minimum Gasteiger partial charge on any atom is -0.466 e. The first-order valence-electron chi connectivity index (χ1n) is 10.2. The average molecular weight is 337 g/mol. The highest BCUT2D eigenvalue weighted by molar-refractivity contribution is 5.65. The van der Waals surface area contributed by atoms with Gasteiger partial charge >= 0.3 is 5.97 Å². The summed E-state index contributed by atoms with van der Waals surface area (Å²) in [4.78, 5) is 10.6. The Labute approximate surface area is 150 Å². The maximum absolute atomic E-state index is 10.6. The van der Waals surface area contributed by atoms with Crippen LogP contribution in [0.5, 0.6) is 0 Å². The maximum Gasteiger partial charge on any atom is 0.302 e. The summed E-state index contributed by atoms with van der Waals surface area (Å²) in [6, 6.07) is 0. The Morgan fingerprint density at radius 1 is 0.708 bits per heavy atom. The molecule has 0 radical (unpaired) electrons. The van der Waals surface area contributed by atoms with E-state index in [1.807, 2.05) is 6.08 Å². The number of unbranched alkanes of at least 4 members (excludes halogenated alkanes) is 13. The topological polar surface area (TPSA) is 26.3 Å². The monoisotopic (exact) mass is 336 g/mol. The number of ether oxygens (including phenoxy) is 1. The van der Waals surface area contributed by atoms with E-state index in [4.69, 9.17) is 4.74 Å². The van der Waals surface area contributed by atoms with Gasteiger partial charge in [-0.3, -0.25) is 4.79 Å². The summed E-state index contributed by atoms with van der Waals surface area (Å²) < 4.78 is 4.92. The first-order valence-corrected chi connectivity index (χ1v) is 10.2. The standard InChI is InChI=1S/C22H40O2/c1-3-4-5-6-7-8-9-10-11-12-13-14-15-16-17-18-19-20-21-24-22(2)23/h3,10-11H,1,4-9,12-21H2,2H3/b11-10-. The Hall–Kier alpha value is -1.05. The number of carbonyl (C=O) groups is 1. The number of esters is 1. The molecule has 0 spiro atoms. The molecule has 2 nitrogen and oxygen atoms in total. The van der Waals surface area contributed by atoms with E-state index in [-0.39, 0.29) is 5.97 Å². The van der Waals surface area contributed by atoms with E-state index in [0.29, 0.717) is 6.61 Å². The largest absolute Gasteiger partial charge is 0.466 e. The summed E-state index contributed by atoms with van der Waals surface area (Å²) in [6.45, 7) is 5.82. The summed E-state index contributed by atoms with van der Waals surface area (Å²) in [5.41, 5.74) is 0. The van der Waals surface area contributed by atoms with Gasteiger partial charge in [-0.05, 0) is 44.9 Å². The van der Waals surface area contributed by atoms with E-state index in [0.717, 1.165) is 6.42 Å². The van der Waals surface area contributed by atoms with Gasteiger partial charge in [0, 0.05) is 6.92 Å². The Kier molecular flexibility index (Phi) is 19.1. The van der Waals surface area contributed by atoms with Crippen LogP contribution < -0.4 is 0 Å². The van der Waals surface area contributed by atoms with Crippen molar-refractivity contribution in [2.24, 2.45) is 0 Å². The van der Waals surface area contributed by atoms with Crippen LogP contribution in [0.3, 0.4) is 0 Å². The predicted molar refractivity (Wildman–Crippen MR) is 105 cm³/mol. The van der Waals surface area contributed by atoms with Gasteiger partial charge in [-0.2, -0.15) is 0 Å². The summed E-state index contributed by atoms with van der Waals surface area (Å²) >= 11 is 0. The third-order valence-corrected chi connectivity index (χ3v) is 4.27. The van der Waals surface area contributed by atoms with Gasteiger partial charge in [0.15, 0.2) is 0 Å². The van der Waals surface area contributed by atoms with Gasteiger partial charge in [0.25, 0.3) is 0 Å². The van der Waals surface area contributed by atoms with Gasteiger partial charge in [-0.25, -0.2) is 0 Å². The summed E-state index contributed by atoms with van der Waals surface area (Å²) in [7, 11) is 0. The van der Waals surface area contributed by atoms with Crippen LogP contribution in [-0.2, 0) is 9.53 Å². The Balaban J connectivity index is 3.07. The molecule has 0 aliphatic rings. The number of hydrogen-bond donors (Lipinski definition) is 0. The maximum atomic E-state index is 10.6. The van der Waals surface area contributed by atoms with Crippen LogP contribution in [0, 0.1) is 0 Å². The molecule has 0 aliphatic heterocycles. The van der Waals surface area contributed by atoms with Crippen molar-refractivity contribution >= 4 is 5.97 Å². The van der Waals surface area contributed by atoms with Crippen LogP contribution in [0.15, 0.2) is 24.8 Å². The van der Waals surface area contributed by atoms with Crippen LogP contribution in [0.2, 0.25) is 0 Å². The number of hydrogen-bond acceptors (Lipinski definition) is 2. The molecule has 0 atom stereocenters. The van der Waals surface area contributed by atoms with Crippen molar-refractivity contribution in [2.45, 2.75) is 103 Å². The third kappa shape index (κ3) is 20.9. The first kappa shape index (κ1) is 22.9. The van der Waals surface area contributed by atoms with Crippen LogP contribution in [0.4, 0.5) is 0 Å². The van der Waals surface area contributed by atoms with Crippen molar-refractivity contribution in [3.63, 3.8) is 0 Å². The van der Waals surface area contributed by atoms with Gasteiger partial charge in [-0.1, -0.05) is 69.6 Å². The fourth-order valence-corrected chi connectivity index (χ4v) is 2.78. The molecule has 0 rings (SSSR count). The van der Waals surface area contributed by atoms with E-state index in [1.54, 1.807) is 0 Å². The molecule has 0 fully saturated rings. The van der Waals surface area contributed by atoms with Gasteiger partial charge in [0.05, 0.1) is 6.61 Å². The molecular weight excluding hydrogens is 296 g/mol. The zero-order chi connectivity index (χ0) is 17.7. The molecule has 140 valence electrons. The predicted octanol–water partition coefficient (Wildman–Crippen LogP) is 7.14. The lowest BCUT2D eigenvalue weighted by molar-refractivity contribution is -0.141. The van der Waals surface area contributed by atoms with Crippen LogP contribution in [0.1, 0.15) is 103 Å². The molecule has 0 aromatic rings. The van der Waals surface area contributed by atoms with Gasteiger partial charge < -0.3 is 4.74 Å². The molecule has 2 heteroatoms. The SMILES string of the molecule is C=CCCCCCC/C=C\CCCCCCCCCCOC(C)=O. The molecule has 0 bridgehead atoms. The first-order chi connectivity index (χ1) is 11.8. The van der Waals surface area contributed by atoms with E-state index in [9.17, 15) is 4.79 Å². The zero-order valence-corrected chi connectivity index (χ0v) is 16.1. The molecule has 0 aliphatic carbocycles. The van der Waals surface area contributed by atoms with Crippen molar-refractivity contribution < 1.29 is 9.53 Å². The minimum atomic E-state index is -0.160. The van der Waals surface area contributed by atoms with Gasteiger partial charge in [0.2, 0.25) is 0 Å². The van der Waals surface area contributed by atoms with Crippen LogP contribution in [0.25, 0.3) is 0 Å². The molecule has 0 N–H and O–H groups in total.